The molecular weight excluding hydrogens is 302 g/mol. The maximum absolute atomic E-state index is 13.3. The summed E-state index contributed by atoms with van der Waals surface area (Å²) in [6.45, 7) is 0. The normalized spacial score (nSPS) is 10.8. The van der Waals surface area contributed by atoms with Crippen LogP contribution in [-0.4, -0.2) is 11.1 Å². The van der Waals surface area contributed by atoms with E-state index < -0.39 is 17.6 Å². The summed E-state index contributed by atoms with van der Waals surface area (Å²) in [5, 5.41) is 8.56. The van der Waals surface area contributed by atoms with Crippen LogP contribution in [0.15, 0.2) is 42.5 Å². The van der Waals surface area contributed by atoms with E-state index in [2.05, 4.69) is 0 Å². The van der Waals surface area contributed by atoms with Crippen molar-refractivity contribution in [2.24, 2.45) is 0 Å². The molecule has 0 aliphatic heterocycles. The van der Waals surface area contributed by atoms with Crippen molar-refractivity contribution in [3.05, 3.63) is 64.7 Å². The minimum absolute atomic E-state index is 0.0487. The fourth-order valence-electron chi connectivity index (χ4n) is 1.57. The van der Waals surface area contributed by atoms with Gasteiger partial charge in [-0.2, -0.15) is 0 Å². The Morgan fingerprint density at radius 1 is 1.19 bits per heavy atom. The third kappa shape index (κ3) is 4.03. The molecule has 0 spiro atoms. The van der Waals surface area contributed by atoms with Gasteiger partial charge in [0.25, 0.3) is 0 Å². The lowest BCUT2D eigenvalue weighted by molar-refractivity contribution is -0.131. The molecule has 2 aromatic rings. The number of aliphatic carboxylic acids is 1. The molecule has 0 saturated carbocycles. The Balaban J connectivity index is 2.34. The Labute approximate surface area is 124 Å². The topological polar surface area (TPSA) is 46.5 Å². The fraction of sp³-hybridized carbons (Fsp3) is 0. The molecular formula is C15H9ClF2O3. The highest BCUT2D eigenvalue weighted by molar-refractivity contribution is 6.30. The summed E-state index contributed by atoms with van der Waals surface area (Å²) in [6.07, 6.45) is 2.04. The molecule has 0 unspecified atom stereocenters. The van der Waals surface area contributed by atoms with Gasteiger partial charge in [-0.15, -0.1) is 0 Å². The van der Waals surface area contributed by atoms with Crippen LogP contribution < -0.4 is 4.74 Å². The lowest BCUT2D eigenvalue weighted by Crippen LogP contribution is -1.91. The van der Waals surface area contributed by atoms with Crippen molar-refractivity contribution in [3.8, 4) is 11.5 Å². The lowest BCUT2D eigenvalue weighted by Gasteiger charge is -2.09. The van der Waals surface area contributed by atoms with Gasteiger partial charge in [-0.05, 0) is 36.4 Å². The number of carboxylic acid groups (broad SMARTS) is 1. The van der Waals surface area contributed by atoms with Crippen molar-refractivity contribution in [3.63, 3.8) is 0 Å². The van der Waals surface area contributed by atoms with Gasteiger partial charge in [0.1, 0.15) is 23.1 Å². The van der Waals surface area contributed by atoms with E-state index in [1.165, 1.54) is 24.3 Å². The SMILES string of the molecule is O=C(O)/C=C/c1cc(F)ccc1Oc1ccc(Cl)c(F)c1. The molecule has 0 atom stereocenters. The van der Waals surface area contributed by atoms with E-state index in [4.69, 9.17) is 21.4 Å². The largest absolute Gasteiger partial charge is 0.478 e. The van der Waals surface area contributed by atoms with Crippen LogP contribution in [0, 0.1) is 11.6 Å². The molecule has 21 heavy (non-hydrogen) atoms. The van der Waals surface area contributed by atoms with Gasteiger partial charge in [-0.3, -0.25) is 0 Å². The van der Waals surface area contributed by atoms with E-state index in [0.29, 0.717) is 0 Å². The van der Waals surface area contributed by atoms with Gasteiger partial charge in [0, 0.05) is 17.7 Å². The van der Waals surface area contributed by atoms with E-state index in [-0.39, 0.29) is 22.1 Å². The summed E-state index contributed by atoms with van der Waals surface area (Å²) >= 11 is 5.56. The molecule has 0 aliphatic rings. The van der Waals surface area contributed by atoms with Crippen LogP contribution >= 0.6 is 11.6 Å². The number of ether oxygens (including phenoxy) is 1. The maximum atomic E-state index is 13.3. The Hall–Kier alpha value is -2.40. The van der Waals surface area contributed by atoms with Crippen molar-refractivity contribution < 1.29 is 23.4 Å². The molecule has 2 aromatic carbocycles. The lowest BCUT2D eigenvalue weighted by atomic mass is 10.2. The summed E-state index contributed by atoms with van der Waals surface area (Å²) in [5.41, 5.74) is 0.216. The Morgan fingerprint density at radius 3 is 2.62 bits per heavy atom. The second-order valence-electron chi connectivity index (χ2n) is 4.03. The van der Waals surface area contributed by atoms with Gasteiger partial charge in [0.15, 0.2) is 0 Å². The molecule has 2 rings (SSSR count). The molecule has 0 saturated heterocycles. The van der Waals surface area contributed by atoms with Gasteiger partial charge in [-0.1, -0.05) is 11.6 Å². The minimum Gasteiger partial charge on any atom is -0.478 e. The molecule has 0 radical (unpaired) electrons. The standard InChI is InChI=1S/C15H9ClF2O3/c16-12-4-3-11(8-13(12)18)21-14-5-2-10(17)7-9(14)1-6-15(19)20/h1-8H,(H,19,20)/b6-1+. The van der Waals surface area contributed by atoms with Crippen LogP contribution in [0.4, 0.5) is 8.78 Å². The molecule has 0 bridgehead atoms. The zero-order chi connectivity index (χ0) is 15.4. The molecule has 3 nitrogen and oxygen atoms in total. The van der Waals surface area contributed by atoms with Gasteiger partial charge in [-0.25, -0.2) is 13.6 Å². The first-order chi connectivity index (χ1) is 9.95. The number of carbonyl (C=O) groups is 1. The van der Waals surface area contributed by atoms with Crippen LogP contribution in [0.1, 0.15) is 5.56 Å². The first-order valence-corrected chi connectivity index (χ1v) is 6.17. The predicted molar refractivity (Wildman–Crippen MR) is 74.6 cm³/mol. The predicted octanol–water partition coefficient (Wildman–Crippen LogP) is 4.51. The van der Waals surface area contributed by atoms with E-state index >= 15 is 0 Å². The molecule has 0 heterocycles. The number of rotatable bonds is 4. The Kier molecular flexibility index (Phi) is 4.55. The first kappa shape index (κ1) is 15.0. The molecule has 6 heteroatoms. The zero-order valence-electron chi connectivity index (χ0n) is 10.5. The van der Waals surface area contributed by atoms with Gasteiger partial charge < -0.3 is 9.84 Å². The minimum atomic E-state index is -1.18. The third-order valence-electron chi connectivity index (χ3n) is 2.50. The van der Waals surface area contributed by atoms with Crippen LogP contribution in [0.25, 0.3) is 6.08 Å². The highest BCUT2D eigenvalue weighted by Gasteiger charge is 2.07. The summed E-state index contributed by atoms with van der Waals surface area (Å²) in [5.74, 6) is -2.03. The molecule has 0 fully saturated rings. The van der Waals surface area contributed by atoms with Crippen molar-refractivity contribution in [1.29, 1.82) is 0 Å². The first-order valence-electron chi connectivity index (χ1n) is 5.79. The van der Waals surface area contributed by atoms with Gasteiger partial charge in [0.2, 0.25) is 0 Å². The smallest absolute Gasteiger partial charge is 0.328 e. The van der Waals surface area contributed by atoms with E-state index in [1.807, 2.05) is 0 Å². The van der Waals surface area contributed by atoms with E-state index in [0.717, 1.165) is 24.3 Å². The summed E-state index contributed by atoms with van der Waals surface area (Å²) in [7, 11) is 0. The van der Waals surface area contributed by atoms with Crippen LogP contribution in [0.5, 0.6) is 11.5 Å². The number of hydrogen-bond acceptors (Lipinski definition) is 2. The zero-order valence-corrected chi connectivity index (χ0v) is 11.3. The van der Waals surface area contributed by atoms with Crippen LogP contribution in [0.3, 0.4) is 0 Å². The molecule has 108 valence electrons. The van der Waals surface area contributed by atoms with Crippen molar-refractivity contribution in [1.82, 2.24) is 0 Å². The van der Waals surface area contributed by atoms with Crippen molar-refractivity contribution >= 4 is 23.6 Å². The van der Waals surface area contributed by atoms with Crippen molar-refractivity contribution in [2.75, 3.05) is 0 Å². The Bertz CT molecular complexity index is 714. The van der Waals surface area contributed by atoms with Gasteiger partial charge in [0.05, 0.1) is 5.02 Å². The maximum Gasteiger partial charge on any atom is 0.328 e. The summed E-state index contributed by atoms with van der Waals surface area (Å²) < 4.78 is 32.0. The fourth-order valence-corrected chi connectivity index (χ4v) is 1.69. The number of carboxylic acids is 1. The molecule has 0 amide bonds. The second-order valence-corrected chi connectivity index (χ2v) is 4.44. The summed E-state index contributed by atoms with van der Waals surface area (Å²) in [4.78, 5) is 10.5. The monoisotopic (exact) mass is 310 g/mol. The average Bonchev–Trinajstić information content (AvgIpc) is 2.43. The number of benzene rings is 2. The second kappa shape index (κ2) is 6.37. The van der Waals surface area contributed by atoms with E-state index in [1.54, 1.807) is 0 Å². The average molecular weight is 311 g/mol. The highest BCUT2D eigenvalue weighted by atomic mass is 35.5. The number of halogens is 3. The van der Waals surface area contributed by atoms with Crippen LogP contribution in [0.2, 0.25) is 5.02 Å². The molecule has 0 aliphatic carbocycles. The molecule has 1 N–H and O–H groups in total. The van der Waals surface area contributed by atoms with Crippen molar-refractivity contribution in [2.45, 2.75) is 0 Å². The van der Waals surface area contributed by atoms with E-state index in [9.17, 15) is 13.6 Å². The third-order valence-corrected chi connectivity index (χ3v) is 2.80. The van der Waals surface area contributed by atoms with Crippen LogP contribution in [-0.2, 0) is 4.79 Å². The quantitative estimate of drug-likeness (QED) is 0.845. The van der Waals surface area contributed by atoms with Gasteiger partial charge >= 0.3 is 5.97 Å². The Morgan fingerprint density at radius 2 is 1.95 bits per heavy atom. The highest BCUT2D eigenvalue weighted by Crippen LogP contribution is 2.29. The molecule has 0 aromatic heterocycles. The summed E-state index contributed by atoms with van der Waals surface area (Å²) in [6, 6.07) is 7.43. The number of hydrogen-bond donors (Lipinski definition) is 1.